The van der Waals surface area contributed by atoms with Gasteiger partial charge in [0, 0.05) is 12.7 Å². The van der Waals surface area contributed by atoms with E-state index in [-0.39, 0.29) is 12.4 Å². The minimum absolute atomic E-state index is 0.222. The number of halogens is 1. The molecule has 2 heteroatoms. The van der Waals surface area contributed by atoms with Crippen LogP contribution in [0.4, 0.5) is 4.39 Å². The van der Waals surface area contributed by atoms with Gasteiger partial charge in [-0.2, -0.15) is 0 Å². The van der Waals surface area contributed by atoms with Crippen molar-refractivity contribution in [3.8, 4) is 22.3 Å². The molecule has 0 atom stereocenters. The third kappa shape index (κ3) is 6.00. The maximum absolute atomic E-state index is 14.3. The summed E-state index contributed by atoms with van der Waals surface area (Å²) in [7, 11) is 1.58. The lowest BCUT2D eigenvalue weighted by Gasteiger charge is -2.29. The number of ether oxygens (including phenoxy) is 1. The molecule has 172 valence electrons. The van der Waals surface area contributed by atoms with Gasteiger partial charge in [0.1, 0.15) is 5.82 Å². The van der Waals surface area contributed by atoms with Gasteiger partial charge in [-0.3, -0.25) is 0 Å². The fraction of sp³-hybridized carbons (Fsp3) is 0.355. The summed E-state index contributed by atoms with van der Waals surface area (Å²) in [6, 6.07) is 22.9. The van der Waals surface area contributed by atoms with Crippen molar-refractivity contribution in [3.05, 3.63) is 96.3 Å². The van der Waals surface area contributed by atoms with Crippen LogP contribution in [0, 0.1) is 11.7 Å². The molecule has 1 aliphatic carbocycles. The second kappa shape index (κ2) is 11.4. The lowest BCUT2D eigenvalue weighted by molar-refractivity contribution is 0.181. The van der Waals surface area contributed by atoms with Crippen LogP contribution < -0.4 is 0 Å². The first-order valence-corrected chi connectivity index (χ1v) is 12.3. The van der Waals surface area contributed by atoms with Crippen LogP contribution in [0.2, 0.25) is 0 Å². The average Bonchev–Trinajstić information content (AvgIpc) is 2.86. The molecule has 0 radical (unpaired) electrons. The van der Waals surface area contributed by atoms with E-state index in [0.29, 0.717) is 11.5 Å². The molecule has 4 rings (SSSR count). The minimum atomic E-state index is -0.222. The molecule has 0 heterocycles. The van der Waals surface area contributed by atoms with E-state index in [1.54, 1.807) is 19.2 Å². The van der Waals surface area contributed by atoms with Gasteiger partial charge in [0.05, 0.1) is 6.61 Å². The van der Waals surface area contributed by atoms with Gasteiger partial charge >= 0.3 is 0 Å². The molecule has 1 nitrogen and oxygen atoms in total. The van der Waals surface area contributed by atoms with Crippen LogP contribution in [-0.2, 0) is 11.3 Å². The minimum Gasteiger partial charge on any atom is -0.380 e. The molecule has 1 saturated carbocycles. The monoisotopic (exact) mass is 442 g/mol. The zero-order valence-electron chi connectivity index (χ0n) is 19.7. The Balaban J connectivity index is 1.37. The number of hydrogen-bond acceptors (Lipinski definition) is 1. The summed E-state index contributed by atoms with van der Waals surface area (Å²) in [5.74, 6) is 1.39. The van der Waals surface area contributed by atoms with E-state index >= 15 is 0 Å². The molecule has 0 spiro atoms. The smallest absolute Gasteiger partial charge is 0.129 e. The Kier molecular flexibility index (Phi) is 8.12. The van der Waals surface area contributed by atoms with E-state index in [2.05, 4.69) is 55.1 Å². The summed E-state index contributed by atoms with van der Waals surface area (Å²) < 4.78 is 19.3. The molecule has 1 fully saturated rings. The van der Waals surface area contributed by atoms with Gasteiger partial charge in [-0.05, 0) is 84.2 Å². The number of rotatable bonds is 9. The van der Waals surface area contributed by atoms with E-state index < -0.39 is 0 Å². The topological polar surface area (TPSA) is 9.23 Å². The molecular formula is C31H35FO. The molecule has 3 aromatic rings. The van der Waals surface area contributed by atoms with Crippen LogP contribution in [-0.4, -0.2) is 7.11 Å². The fourth-order valence-corrected chi connectivity index (χ4v) is 5.14. The predicted molar refractivity (Wildman–Crippen MR) is 137 cm³/mol. The third-order valence-corrected chi connectivity index (χ3v) is 7.15. The lowest BCUT2D eigenvalue weighted by Crippen LogP contribution is -2.13. The molecule has 33 heavy (non-hydrogen) atoms. The SMILES string of the molecule is C=CCCCC1CCC(c2ccc(-c3ccc(-c4ccc(COC)c(F)c4)cc3)cc2)CC1. The quantitative estimate of drug-likeness (QED) is 0.237. The van der Waals surface area contributed by atoms with Gasteiger partial charge in [-0.25, -0.2) is 4.39 Å². The van der Waals surface area contributed by atoms with E-state index in [1.807, 2.05) is 12.1 Å². The molecule has 0 aromatic heterocycles. The van der Waals surface area contributed by atoms with Crippen molar-refractivity contribution >= 4 is 0 Å². The van der Waals surface area contributed by atoms with Crippen LogP contribution in [0.1, 0.15) is 62.0 Å². The van der Waals surface area contributed by atoms with Gasteiger partial charge in [0.2, 0.25) is 0 Å². The molecule has 1 aliphatic rings. The summed E-state index contributed by atoms with van der Waals surface area (Å²) >= 11 is 0. The van der Waals surface area contributed by atoms with Crippen LogP contribution in [0.25, 0.3) is 22.3 Å². The van der Waals surface area contributed by atoms with Crippen molar-refractivity contribution in [1.29, 1.82) is 0 Å². The van der Waals surface area contributed by atoms with Gasteiger partial charge in [0.25, 0.3) is 0 Å². The molecule has 0 unspecified atom stereocenters. The highest BCUT2D eigenvalue weighted by Gasteiger charge is 2.22. The summed E-state index contributed by atoms with van der Waals surface area (Å²) in [6.07, 6.45) is 11.2. The molecular weight excluding hydrogens is 407 g/mol. The van der Waals surface area contributed by atoms with E-state index in [9.17, 15) is 4.39 Å². The van der Waals surface area contributed by atoms with Gasteiger partial charge in [0.15, 0.2) is 0 Å². The summed E-state index contributed by atoms with van der Waals surface area (Å²) in [6.45, 7) is 4.13. The zero-order valence-corrected chi connectivity index (χ0v) is 19.7. The van der Waals surface area contributed by atoms with Crippen molar-refractivity contribution in [2.75, 3.05) is 7.11 Å². The van der Waals surface area contributed by atoms with Crippen molar-refractivity contribution in [1.82, 2.24) is 0 Å². The van der Waals surface area contributed by atoms with Crippen molar-refractivity contribution in [2.45, 2.75) is 57.5 Å². The van der Waals surface area contributed by atoms with Crippen LogP contribution >= 0.6 is 0 Å². The van der Waals surface area contributed by atoms with Crippen LogP contribution in [0.5, 0.6) is 0 Å². The van der Waals surface area contributed by atoms with Crippen molar-refractivity contribution in [2.24, 2.45) is 5.92 Å². The van der Waals surface area contributed by atoms with Crippen molar-refractivity contribution < 1.29 is 9.13 Å². The Bertz CT molecular complexity index is 1030. The Hall–Kier alpha value is -2.71. The van der Waals surface area contributed by atoms with Crippen LogP contribution in [0.15, 0.2) is 79.4 Å². The fourth-order valence-electron chi connectivity index (χ4n) is 5.14. The molecule has 0 aliphatic heterocycles. The number of methoxy groups -OCH3 is 1. The zero-order chi connectivity index (χ0) is 23.0. The normalized spacial score (nSPS) is 18.2. The standard InChI is InChI=1S/C31H35FO/c1-3-4-5-6-23-7-9-24(10-8-23)25-11-13-26(14-12-25)27-15-17-28(18-16-27)29-19-20-30(22-33-2)31(32)21-29/h3,11-21,23-24H,1,4-10,22H2,2H3. The first kappa shape index (κ1) is 23.4. The summed E-state index contributed by atoms with van der Waals surface area (Å²) in [4.78, 5) is 0. The first-order valence-electron chi connectivity index (χ1n) is 12.3. The van der Waals surface area contributed by atoms with Gasteiger partial charge < -0.3 is 4.74 Å². The Morgan fingerprint density at radius 2 is 1.42 bits per heavy atom. The largest absolute Gasteiger partial charge is 0.380 e. The maximum Gasteiger partial charge on any atom is 0.129 e. The maximum atomic E-state index is 14.3. The second-order valence-corrected chi connectivity index (χ2v) is 9.38. The highest BCUT2D eigenvalue weighted by atomic mass is 19.1. The van der Waals surface area contributed by atoms with E-state index in [1.165, 1.54) is 55.2 Å². The Morgan fingerprint density at radius 1 is 0.848 bits per heavy atom. The molecule has 0 bridgehead atoms. The highest BCUT2D eigenvalue weighted by Crippen LogP contribution is 2.38. The Morgan fingerprint density at radius 3 is 2.00 bits per heavy atom. The Labute approximate surface area is 198 Å². The van der Waals surface area contributed by atoms with E-state index in [0.717, 1.165) is 23.5 Å². The third-order valence-electron chi connectivity index (χ3n) is 7.15. The van der Waals surface area contributed by atoms with E-state index in [4.69, 9.17) is 4.74 Å². The number of allylic oxidation sites excluding steroid dienone is 1. The number of unbranched alkanes of at least 4 members (excludes halogenated alkanes) is 1. The number of hydrogen-bond donors (Lipinski definition) is 0. The summed E-state index contributed by atoms with van der Waals surface area (Å²) in [5, 5.41) is 0. The van der Waals surface area contributed by atoms with Gasteiger partial charge in [-0.15, -0.1) is 6.58 Å². The molecule has 0 amide bonds. The second-order valence-electron chi connectivity index (χ2n) is 9.38. The number of benzene rings is 3. The average molecular weight is 443 g/mol. The predicted octanol–water partition coefficient (Wildman–Crippen LogP) is 8.94. The van der Waals surface area contributed by atoms with Gasteiger partial charge in [-0.1, -0.05) is 73.2 Å². The molecule has 3 aromatic carbocycles. The first-order chi connectivity index (χ1) is 16.2. The molecule has 0 saturated heterocycles. The molecule has 0 N–H and O–H groups in total. The van der Waals surface area contributed by atoms with Crippen molar-refractivity contribution in [3.63, 3.8) is 0 Å². The lowest BCUT2D eigenvalue weighted by atomic mass is 9.77. The highest BCUT2D eigenvalue weighted by molar-refractivity contribution is 5.70. The summed E-state index contributed by atoms with van der Waals surface area (Å²) in [5.41, 5.74) is 6.38. The van der Waals surface area contributed by atoms with Crippen LogP contribution in [0.3, 0.4) is 0 Å².